The zero-order chi connectivity index (χ0) is 18.5. The van der Waals surface area contributed by atoms with Crippen LogP contribution in [0.2, 0.25) is 0 Å². The Kier molecular flexibility index (Phi) is 5.14. The third kappa shape index (κ3) is 4.00. The number of amides is 1. The van der Waals surface area contributed by atoms with Gasteiger partial charge in [0, 0.05) is 37.8 Å². The van der Waals surface area contributed by atoms with Crippen molar-refractivity contribution in [3.05, 3.63) is 60.4 Å². The number of carbonyl (C=O) groups is 1. The van der Waals surface area contributed by atoms with E-state index in [4.69, 9.17) is 0 Å². The van der Waals surface area contributed by atoms with Crippen LogP contribution in [0.5, 0.6) is 0 Å². The van der Waals surface area contributed by atoms with Gasteiger partial charge >= 0.3 is 0 Å². The molecule has 138 valence electrons. The summed E-state index contributed by atoms with van der Waals surface area (Å²) in [4.78, 5) is 23.4. The average Bonchev–Trinajstić information content (AvgIpc) is 3.26. The third-order valence-corrected chi connectivity index (χ3v) is 4.83. The van der Waals surface area contributed by atoms with Gasteiger partial charge in [0.15, 0.2) is 0 Å². The first-order chi connectivity index (χ1) is 13.3. The van der Waals surface area contributed by atoms with Crippen LogP contribution in [0.4, 0.5) is 11.6 Å². The molecule has 1 fully saturated rings. The van der Waals surface area contributed by atoms with Crippen LogP contribution < -0.4 is 15.5 Å². The fourth-order valence-corrected chi connectivity index (χ4v) is 3.45. The second kappa shape index (κ2) is 8.03. The maximum Gasteiger partial charge on any atom is 0.251 e. The predicted molar refractivity (Wildman–Crippen MR) is 108 cm³/mol. The first kappa shape index (κ1) is 17.3. The van der Waals surface area contributed by atoms with Crippen molar-refractivity contribution in [1.82, 2.24) is 15.3 Å². The van der Waals surface area contributed by atoms with Crippen LogP contribution >= 0.6 is 0 Å². The summed E-state index contributed by atoms with van der Waals surface area (Å²) in [5.41, 5.74) is 0.700. The molecule has 4 rings (SSSR count). The molecule has 0 atom stereocenters. The van der Waals surface area contributed by atoms with Gasteiger partial charge in [-0.2, -0.15) is 0 Å². The van der Waals surface area contributed by atoms with Crippen molar-refractivity contribution in [1.29, 1.82) is 0 Å². The van der Waals surface area contributed by atoms with Gasteiger partial charge in [-0.25, -0.2) is 9.97 Å². The highest BCUT2D eigenvalue weighted by atomic mass is 16.1. The van der Waals surface area contributed by atoms with E-state index in [9.17, 15) is 4.79 Å². The van der Waals surface area contributed by atoms with Gasteiger partial charge < -0.3 is 15.5 Å². The Morgan fingerprint density at radius 3 is 2.70 bits per heavy atom. The summed E-state index contributed by atoms with van der Waals surface area (Å²) >= 11 is 0. The van der Waals surface area contributed by atoms with Gasteiger partial charge in [0.2, 0.25) is 0 Å². The van der Waals surface area contributed by atoms with Crippen molar-refractivity contribution in [3.8, 4) is 0 Å². The molecule has 0 spiro atoms. The van der Waals surface area contributed by atoms with E-state index in [0.29, 0.717) is 18.7 Å². The molecule has 27 heavy (non-hydrogen) atoms. The molecule has 0 aliphatic carbocycles. The highest BCUT2D eigenvalue weighted by molar-refractivity contribution is 6.06. The number of anilines is 2. The molecular formula is C21H23N5O. The Labute approximate surface area is 158 Å². The quantitative estimate of drug-likeness (QED) is 0.661. The van der Waals surface area contributed by atoms with Gasteiger partial charge in [-0.3, -0.25) is 4.79 Å². The first-order valence-electron chi connectivity index (χ1n) is 9.38. The van der Waals surface area contributed by atoms with Gasteiger partial charge in [-0.1, -0.05) is 36.4 Å². The molecule has 0 unspecified atom stereocenters. The molecule has 0 radical (unpaired) electrons. The summed E-state index contributed by atoms with van der Waals surface area (Å²) in [6.07, 6.45) is 4.02. The lowest BCUT2D eigenvalue weighted by molar-refractivity contribution is 0.0957. The van der Waals surface area contributed by atoms with E-state index in [1.54, 1.807) is 6.33 Å². The molecular weight excluding hydrogens is 338 g/mol. The normalized spacial score (nSPS) is 13.7. The van der Waals surface area contributed by atoms with Crippen LogP contribution in [0.15, 0.2) is 54.9 Å². The van der Waals surface area contributed by atoms with Gasteiger partial charge in [-0.15, -0.1) is 0 Å². The number of nitrogens with zero attached hydrogens (tertiary/aromatic N) is 3. The van der Waals surface area contributed by atoms with E-state index in [1.165, 1.54) is 12.8 Å². The minimum atomic E-state index is -0.0611. The molecule has 2 N–H and O–H groups in total. The highest BCUT2D eigenvalue weighted by Gasteiger charge is 2.14. The van der Waals surface area contributed by atoms with E-state index >= 15 is 0 Å². The maximum absolute atomic E-state index is 12.5. The summed E-state index contributed by atoms with van der Waals surface area (Å²) in [5, 5.41) is 8.27. The lowest BCUT2D eigenvalue weighted by Gasteiger charge is -2.16. The highest BCUT2D eigenvalue weighted by Crippen LogP contribution is 2.19. The third-order valence-electron chi connectivity index (χ3n) is 4.83. The summed E-state index contributed by atoms with van der Waals surface area (Å²) in [6.45, 7) is 3.23. The maximum atomic E-state index is 12.5. The van der Waals surface area contributed by atoms with E-state index in [0.717, 1.165) is 35.5 Å². The lowest BCUT2D eigenvalue weighted by atomic mass is 10.0. The molecule has 0 saturated carbocycles. The summed E-state index contributed by atoms with van der Waals surface area (Å²) in [7, 11) is 0. The molecule has 1 aliphatic rings. The first-order valence-corrected chi connectivity index (χ1v) is 9.38. The lowest BCUT2D eigenvalue weighted by Crippen LogP contribution is -2.29. The fourth-order valence-electron chi connectivity index (χ4n) is 3.45. The van der Waals surface area contributed by atoms with Crippen molar-refractivity contribution in [2.45, 2.75) is 12.8 Å². The number of rotatable bonds is 6. The van der Waals surface area contributed by atoms with Gasteiger partial charge in [0.05, 0.1) is 0 Å². The number of carbonyl (C=O) groups excluding carboxylic acids is 1. The smallest absolute Gasteiger partial charge is 0.251 e. The molecule has 1 aliphatic heterocycles. The molecule has 0 bridgehead atoms. The monoisotopic (exact) mass is 361 g/mol. The van der Waals surface area contributed by atoms with Crippen LogP contribution in [0.3, 0.4) is 0 Å². The summed E-state index contributed by atoms with van der Waals surface area (Å²) in [6, 6.07) is 15.7. The van der Waals surface area contributed by atoms with Crippen molar-refractivity contribution < 1.29 is 4.79 Å². The van der Waals surface area contributed by atoms with Gasteiger partial charge in [0.25, 0.3) is 5.91 Å². The Morgan fingerprint density at radius 2 is 1.81 bits per heavy atom. The molecule has 6 nitrogen and oxygen atoms in total. The average molecular weight is 361 g/mol. The largest absolute Gasteiger partial charge is 0.368 e. The van der Waals surface area contributed by atoms with Crippen molar-refractivity contribution in [2.75, 3.05) is 36.4 Å². The Bertz CT molecular complexity index is 931. The number of aromatic nitrogens is 2. The summed E-state index contributed by atoms with van der Waals surface area (Å²) in [5.74, 6) is 1.69. The zero-order valence-corrected chi connectivity index (χ0v) is 15.2. The predicted octanol–water partition coefficient (Wildman–Crippen LogP) is 3.07. The van der Waals surface area contributed by atoms with Crippen molar-refractivity contribution in [3.63, 3.8) is 0 Å². The van der Waals surface area contributed by atoms with Crippen LogP contribution in [0, 0.1) is 0 Å². The molecule has 1 amide bonds. The molecule has 2 heterocycles. The minimum Gasteiger partial charge on any atom is -0.368 e. The van der Waals surface area contributed by atoms with Gasteiger partial charge in [0.1, 0.15) is 18.0 Å². The second-order valence-corrected chi connectivity index (χ2v) is 6.66. The molecule has 1 saturated heterocycles. The second-order valence-electron chi connectivity index (χ2n) is 6.66. The number of fused-ring (bicyclic) bond motifs is 1. The Hall–Kier alpha value is -3.15. The van der Waals surface area contributed by atoms with Crippen molar-refractivity contribution >= 4 is 28.3 Å². The fraction of sp³-hybridized carbons (Fsp3) is 0.286. The van der Waals surface area contributed by atoms with Crippen LogP contribution in [-0.4, -0.2) is 42.1 Å². The minimum absolute atomic E-state index is 0.0611. The molecule has 2 aromatic carbocycles. The SMILES string of the molecule is O=C(NCCNc1cc(N2CCCC2)ncn1)c1cccc2ccccc12. The van der Waals surface area contributed by atoms with E-state index in [-0.39, 0.29) is 5.91 Å². The number of nitrogens with one attached hydrogen (secondary N) is 2. The zero-order valence-electron chi connectivity index (χ0n) is 15.2. The van der Waals surface area contributed by atoms with E-state index < -0.39 is 0 Å². The topological polar surface area (TPSA) is 70.2 Å². The van der Waals surface area contributed by atoms with Crippen molar-refractivity contribution in [2.24, 2.45) is 0 Å². The molecule has 6 heteroatoms. The van der Waals surface area contributed by atoms with Crippen LogP contribution in [-0.2, 0) is 0 Å². The van der Waals surface area contributed by atoms with Gasteiger partial charge in [-0.05, 0) is 29.7 Å². The molecule has 1 aromatic heterocycles. The standard InChI is InChI=1S/C21H23N5O/c27-21(18-9-5-7-16-6-1-2-8-17(16)18)23-11-10-22-19-14-20(25-15-24-19)26-12-3-4-13-26/h1-2,5-9,14-15H,3-4,10-13H2,(H,23,27)(H,22,24,25). The van der Waals surface area contributed by atoms with Crippen LogP contribution in [0.1, 0.15) is 23.2 Å². The Balaban J connectivity index is 1.32. The molecule has 3 aromatic rings. The number of hydrogen-bond acceptors (Lipinski definition) is 5. The number of hydrogen-bond donors (Lipinski definition) is 2. The Morgan fingerprint density at radius 1 is 1.00 bits per heavy atom. The summed E-state index contributed by atoms with van der Waals surface area (Å²) < 4.78 is 0. The van der Waals surface area contributed by atoms with Crippen LogP contribution in [0.25, 0.3) is 10.8 Å². The van der Waals surface area contributed by atoms with E-state index in [1.807, 2.05) is 48.5 Å². The van der Waals surface area contributed by atoms with E-state index in [2.05, 4.69) is 25.5 Å². The number of benzene rings is 2.